The lowest BCUT2D eigenvalue weighted by molar-refractivity contribution is -0.274. The summed E-state index contributed by atoms with van der Waals surface area (Å²) in [6.07, 6.45) is -4.92. The summed E-state index contributed by atoms with van der Waals surface area (Å²) in [6, 6.07) is 6.84. The number of esters is 2. The highest BCUT2D eigenvalue weighted by atomic mass is 32.2. The third-order valence-electron chi connectivity index (χ3n) is 3.40. The molecule has 0 aromatic heterocycles. The Morgan fingerprint density at radius 2 is 1.38 bits per heavy atom. The van der Waals surface area contributed by atoms with E-state index in [2.05, 4.69) is 18.9 Å². The molecular formula is C17H14F3NO7S. The third kappa shape index (κ3) is 5.85. The summed E-state index contributed by atoms with van der Waals surface area (Å²) >= 11 is 0. The lowest BCUT2D eigenvalue weighted by Crippen LogP contribution is -2.17. The average molecular weight is 433 g/mol. The SMILES string of the molecule is COC(=O)c1cc(NS(=O)(=O)c2ccc(OC(F)(F)F)cc2)cc(C(=O)OC)c1. The van der Waals surface area contributed by atoms with Crippen molar-refractivity contribution in [3.8, 4) is 5.75 Å². The number of nitrogens with one attached hydrogen (secondary N) is 1. The molecule has 0 atom stereocenters. The van der Waals surface area contributed by atoms with E-state index in [-0.39, 0.29) is 21.7 Å². The number of hydrogen-bond donors (Lipinski definition) is 1. The van der Waals surface area contributed by atoms with Crippen molar-refractivity contribution in [2.45, 2.75) is 11.3 Å². The number of carbonyl (C=O) groups is 2. The number of rotatable bonds is 6. The molecule has 0 saturated heterocycles. The van der Waals surface area contributed by atoms with Crippen molar-refractivity contribution in [2.24, 2.45) is 0 Å². The van der Waals surface area contributed by atoms with Gasteiger partial charge in [0.2, 0.25) is 0 Å². The minimum absolute atomic E-state index is 0.123. The van der Waals surface area contributed by atoms with Crippen LogP contribution in [0.25, 0.3) is 0 Å². The molecule has 0 fully saturated rings. The van der Waals surface area contributed by atoms with Crippen LogP contribution in [0, 0.1) is 0 Å². The zero-order valence-electron chi connectivity index (χ0n) is 14.9. The van der Waals surface area contributed by atoms with E-state index in [0.717, 1.165) is 56.7 Å². The van der Waals surface area contributed by atoms with Crippen LogP contribution in [0.15, 0.2) is 47.4 Å². The summed E-state index contributed by atoms with van der Waals surface area (Å²) < 4.78 is 76.5. The second-order valence-corrected chi connectivity index (χ2v) is 7.09. The molecule has 0 unspecified atom stereocenters. The Kier molecular flexibility index (Phi) is 6.37. The maximum absolute atomic E-state index is 12.5. The van der Waals surface area contributed by atoms with E-state index >= 15 is 0 Å². The maximum Gasteiger partial charge on any atom is 0.573 e. The first-order chi connectivity index (χ1) is 13.4. The number of anilines is 1. The molecule has 2 aromatic rings. The van der Waals surface area contributed by atoms with Gasteiger partial charge in [0.25, 0.3) is 10.0 Å². The molecule has 156 valence electrons. The molecule has 0 saturated carbocycles. The first-order valence-electron chi connectivity index (χ1n) is 7.65. The molecule has 1 N–H and O–H groups in total. The van der Waals surface area contributed by atoms with Crippen LogP contribution in [0.1, 0.15) is 20.7 Å². The van der Waals surface area contributed by atoms with E-state index in [0.29, 0.717) is 0 Å². The number of halogens is 3. The molecule has 8 nitrogen and oxygen atoms in total. The largest absolute Gasteiger partial charge is 0.573 e. The topological polar surface area (TPSA) is 108 Å². The van der Waals surface area contributed by atoms with Crippen molar-refractivity contribution in [2.75, 3.05) is 18.9 Å². The minimum atomic E-state index is -4.92. The van der Waals surface area contributed by atoms with Crippen LogP contribution in [0.5, 0.6) is 5.75 Å². The zero-order valence-corrected chi connectivity index (χ0v) is 15.8. The first kappa shape index (κ1) is 22.0. The summed E-state index contributed by atoms with van der Waals surface area (Å²) in [5, 5.41) is 0. The number of hydrogen-bond acceptors (Lipinski definition) is 7. The smallest absolute Gasteiger partial charge is 0.465 e. The van der Waals surface area contributed by atoms with Crippen LogP contribution >= 0.6 is 0 Å². The van der Waals surface area contributed by atoms with Crippen LogP contribution in [0.4, 0.5) is 18.9 Å². The molecule has 0 aliphatic heterocycles. The Labute approximate surface area is 163 Å². The maximum atomic E-state index is 12.5. The summed E-state index contributed by atoms with van der Waals surface area (Å²) in [7, 11) is -2.07. The summed E-state index contributed by atoms with van der Waals surface area (Å²) in [4.78, 5) is 23.1. The van der Waals surface area contributed by atoms with Crippen molar-refractivity contribution in [3.05, 3.63) is 53.6 Å². The van der Waals surface area contributed by atoms with Gasteiger partial charge >= 0.3 is 18.3 Å². The van der Waals surface area contributed by atoms with E-state index in [1.807, 2.05) is 0 Å². The molecule has 0 amide bonds. The number of carbonyl (C=O) groups excluding carboxylic acids is 2. The van der Waals surface area contributed by atoms with Gasteiger partial charge in [0, 0.05) is 0 Å². The summed E-state index contributed by atoms with van der Waals surface area (Å²) in [5.41, 5.74) is -0.409. The highest BCUT2D eigenvalue weighted by Gasteiger charge is 2.31. The Morgan fingerprint density at radius 1 is 0.897 bits per heavy atom. The molecule has 29 heavy (non-hydrogen) atoms. The molecule has 2 aromatic carbocycles. The number of benzene rings is 2. The van der Waals surface area contributed by atoms with Gasteiger partial charge in [-0.2, -0.15) is 0 Å². The van der Waals surface area contributed by atoms with Crippen molar-refractivity contribution in [1.82, 2.24) is 0 Å². The molecule has 0 aliphatic rings. The monoisotopic (exact) mass is 433 g/mol. The molecule has 0 heterocycles. The number of methoxy groups -OCH3 is 2. The van der Waals surface area contributed by atoms with E-state index in [1.54, 1.807) is 0 Å². The molecule has 0 radical (unpaired) electrons. The average Bonchev–Trinajstić information content (AvgIpc) is 2.65. The van der Waals surface area contributed by atoms with Gasteiger partial charge in [-0.3, -0.25) is 4.72 Å². The van der Waals surface area contributed by atoms with Gasteiger partial charge in [-0.15, -0.1) is 13.2 Å². The van der Waals surface area contributed by atoms with Crippen LogP contribution in [-0.4, -0.2) is 40.9 Å². The molecule has 12 heteroatoms. The predicted octanol–water partition coefficient (Wildman–Crippen LogP) is 2.96. The van der Waals surface area contributed by atoms with E-state index in [1.165, 1.54) is 0 Å². The van der Waals surface area contributed by atoms with Gasteiger partial charge < -0.3 is 14.2 Å². The fraction of sp³-hybridized carbons (Fsp3) is 0.176. The Morgan fingerprint density at radius 3 is 1.79 bits per heavy atom. The van der Waals surface area contributed by atoms with Gasteiger partial charge in [-0.05, 0) is 42.5 Å². The van der Waals surface area contributed by atoms with Crippen LogP contribution in [0.3, 0.4) is 0 Å². The number of alkyl halides is 3. The molecule has 0 bridgehead atoms. The quantitative estimate of drug-likeness (QED) is 0.698. The van der Waals surface area contributed by atoms with Gasteiger partial charge in [-0.1, -0.05) is 0 Å². The second-order valence-electron chi connectivity index (χ2n) is 5.41. The fourth-order valence-corrected chi connectivity index (χ4v) is 3.23. The molecule has 0 spiro atoms. The van der Waals surface area contributed by atoms with E-state index in [9.17, 15) is 31.2 Å². The number of sulfonamides is 1. The summed E-state index contributed by atoms with van der Waals surface area (Å²) in [6.45, 7) is 0. The standard InChI is InChI=1S/C17H14F3NO7S/c1-26-15(22)10-7-11(16(23)27-2)9-12(8-10)21-29(24,25)14-5-3-13(4-6-14)28-17(18,19)20/h3-9,21H,1-2H3. The van der Waals surface area contributed by atoms with Crippen LogP contribution < -0.4 is 9.46 Å². The Balaban J connectivity index is 2.36. The van der Waals surface area contributed by atoms with E-state index < -0.39 is 34.1 Å². The summed E-state index contributed by atoms with van der Waals surface area (Å²) in [5.74, 6) is -2.26. The van der Waals surface area contributed by atoms with Crippen LogP contribution in [-0.2, 0) is 19.5 Å². The van der Waals surface area contributed by atoms with Gasteiger partial charge in [0.15, 0.2) is 0 Å². The first-order valence-corrected chi connectivity index (χ1v) is 9.14. The molecular weight excluding hydrogens is 419 g/mol. The Hall–Kier alpha value is -3.28. The van der Waals surface area contributed by atoms with Gasteiger partial charge in [0.1, 0.15) is 5.75 Å². The van der Waals surface area contributed by atoms with Crippen molar-refractivity contribution >= 4 is 27.6 Å². The van der Waals surface area contributed by atoms with Crippen molar-refractivity contribution < 1.29 is 45.4 Å². The predicted molar refractivity (Wildman–Crippen MR) is 93.1 cm³/mol. The molecule has 2 rings (SSSR count). The van der Waals surface area contributed by atoms with E-state index in [4.69, 9.17) is 0 Å². The van der Waals surface area contributed by atoms with Crippen LogP contribution in [0.2, 0.25) is 0 Å². The minimum Gasteiger partial charge on any atom is -0.465 e. The normalized spacial score (nSPS) is 11.5. The molecule has 0 aliphatic carbocycles. The highest BCUT2D eigenvalue weighted by molar-refractivity contribution is 7.92. The van der Waals surface area contributed by atoms with Crippen molar-refractivity contribution in [3.63, 3.8) is 0 Å². The fourth-order valence-electron chi connectivity index (χ4n) is 2.19. The lowest BCUT2D eigenvalue weighted by atomic mass is 10.1. The zero-order chi connectivity index (χ0) is 21.8. The second kappa shape index (κ2) is 8.39. The van der Waals surface area contributed by atoms with Gasteiger partial charge in [0.05, 0.1) is 35.9 Å². The Bertz CT molecular complexity index is 984. The lowest BCUT2D eigenvalue weighted by Gasteiger charge is -2.12. The highest BCUT2D eigenvalue weighted by Crippen LogP contribution is 2.25. The van der Waals surface area contributed by atoms with Gasteiger partial charge in [-0.25, -0.2) is 18.0 Å². The van der Waals surface area contributed by atoms with Crippen molar-refractivity contribution in [1.29, 1.82) is 0 Å². The number of ether oxygens (including phenoxy) is 3. The third-order valence-corrected chi connectivity index (χ3v) is 4.79.